The zero-order valence-corrected chi connectivity index (χ0v) is 79.8. The SMILES string of the molecule is CCCC[C@H]1C(=O)N(C)[C@@H](CCCC)C(=O)N[C@@H](CCCNC(=N)N)C(=O)N[C@H](C(=O)NCC(N)=O)CSCC(=O)N[C@@H](Cc2ccc(C(F)F)cc2)C(=O)N(C)[C@@H](C)C(=O)N[C@@H](CC(N)=O)C(=O)N2CCC[C@H]2C(=O)N[C@@H](Cc2ccc[nH]2)C(=O)N[C@@H](CC(C)C)C(=O)N2CCC[C@H]2C(=O)N[C@@H](Cc2c[nH]c3ccccc23)C(=O)N[C@@H](CO)C(=O)N[C@@H](Cc2csc3ccccc23)C(=O)N1C. The van der Waals surface area contributed by atoms with Gasteiger partial charge in [0.1, 0.15) is 84.6 Å². The quantitative estimate of drug-likeness (QED) is 0.0191. The molecule has 0 radical (unpaired) electrons. The number of benzene rings is 3. The van der Waals surface area contributed by atoms with E-state index in [-0.39, 0.29) is 114 Å². The number of thioether (sulfide) groups is 1. The van der Waals surface area contributed by atoms with Crippen LogP contribution in [-0.4, -0.2) is 296 Å². The lowest BCUT2D eigenvalue weighted by molar-refractivity contribution is -0.149. The molecule has 744 valence electrons. The van der Waals surface area contributed by atoms with Gasteiger partial charge in [-0.1, -0.05) is 114 Å². The average Bonchev–Trinajstić information content (AvgIpc) is 1.80. The van der Waals surface area contributed by atoms with Gasteiger partial charge in [-0.15, -0.1) is 23.1 Å². The molecule has 9 rings (SSSR count). The second-order valence-electron chi connectivity index (χ2n) is 35.2. The highest BCUT2D eigenvalue weighted by atomic mass is 32.2. The molecule has 3 aromatic carbocycles. The Hall–Kier alpha value is -13.1. The molecule has 21 N–H and O–H groups in total. The van der Waals surface area contributed by atoms with E-state index in [1.807, 2.05) is 32.0 Å². The van der Waals surface area contributed by atoms with Crippen LogP contribution < -0.4 is 75.7 Å². The maximum atomic E-state index is 15.8. The second-order valence-corrected chi connectivity index (χ2v) is 37.1. The fourth-order valence-corrected chi connectivity index (χ4v) is 18.8. The number of H-pyrrole nitrogens is 2. The summed E-state index contributed by atoms with van der Waals surface area (Å²) in [6.07, 6.45) is 0.315. The van der Waals surface area contributed by atoms with E-state index in [2.05, 4.69) is 68.5 Å². The Morgan fingerprint density at radius 1 is 0.533 bits per heavy atom. The van der Waals surface area contributed by atoms with Crippen molar-refractivity contribution in [2.24, 2.45) is 23.1 Å². The number of nitrogens with zero attached hydrogens (tertiary/aromatic N) is 5. The summed E-state index contributed by atoms with van der Waals surface area (Å²) in [4.78, 5) is 263. The summed E-state index contributed by atoms with van der Waals surface area (Å²) in [5, 5.41) is 51.5. The maximum Gasteiger partial charge on any atom is 0.263 e. The molecule has 3 aromatic heterocycles. The number of likely N-dealkylation sites (N-methyl/N-ethyl adjacent to an activating group) is 3. The number of fused-ring (bicyclic) bond motifs is 4. The number of carbonyl (C=O) groups excluding carboxylic acids is 17. The minimum Gasteiger partial charge on any atom is -0.394 e. The van der Waals surface area contributed by atoms with Crippen molar-refractivity contribution < 1.29 is 95.4 Å². The lowest BCUT2D eigenvalue weighted by Crippen LogP contribution is -2.62. The largest absolute Gasteiger partial charge is 0.394 e. The number of unbranched alkanes of at least 4 members (excludes halogenated alkanes) is 2. The maximum absolute atomic E-state index is 15.8. The highest BCUT2D eigenvalue weighted by molar-refractivity contribution is 8.00. The van der Waals surface area contributed by atoms with Gasteiger partial charge in [0.25, 0.3) is 6.43 Å². The van der Waals surface area contributed by atoms with Crippen LogP contribution in [0.25, 0.3) is 21.0 Å². The Balaban J connectivity index is 1.10. The number of halogens is 2. The first-order chi connectivity index (χ1) is 65.3. The first-order valence-electron chi connectivity index (χ1n) is 46.0. The molecule has 0 unspecified atom stereocenters. The van der Waals surface area contributed by atoms with E-state index in [4.69, 9.17) is 22.6 Å². The number of aliphatic hydroxyl groups excluding tert-OH is 1. The van der Waals surface area contributed by atoms with Crippen LogP contribution in [0.4, 0.5) is 8.78 Å². The summed E-state index contributed by atoms with van der Waals surface area (Å²) in [6.45, 7) is 6.54. The highest BCUT2D eigenvalue weighted by Gasteiger charge is 2.46. The minimum absolute atomic E-state index is 0.00201. The molecule has 137 heavy (non-hydrogen) atoms. The van der Waals surface area contributed by atoms with Crippen LogP contribution in [0, 0.1) is 11.3 Å². The Kier molecular flexibility index (Phi) is 40.6. The summed E-state index contributed by atoms with van der Waals surface area (Å²) < 4.78 is 28.7. The number of nitrogens with two attached hydrogens (primary N) is 3. The first kappa shape index (κ1) is 108. The number of carbonyl (C=O) groups is 17. The molecule has 6 aromatic rings. The number of aliphatic hydroxyl groups is 1. The predicted octanol–water partition coefficient (Wildman–Crippen LogP) is 0.671. The molecular weight excluding hydrogens is 1820 g/mol. The van der Waals surface area contributed by atoms with Gasteiger partial charge < -0.3 is 115 Å². The molecule has 3 aliphatic heterocycles. The van der Waals surface area contributed by atoms with Gasteiger partial charge in [-0.25, -0.2) is 8.78 Å². The van der Waals surface area contributed by atoms with Crippen LogP contribution in [-0.2, 0) is 107 Å². The lowest BCUT2D eigenvalue weighted by atomic mass is 10.00. The molecular formula is C93H128F2N22O18S2. The molecule has 3 fully saturated rings. The van der Waals surface area contributed by atoms with Crippen molar-refractivity contribution in [3.8, 4) is 0 Å². The van der Waals surface area contributed by atoms with E-state index in [1.54, 1.807) is 74.1 Å². The molecule has 0 bridgehead atoms. The molecule has 17 amide bonds. The summed E-state index contributed by atoms with van der Waals surface area (Å²) in [7, 11) is 3.88. The Morgan fingerprint density at radius 2 is 1.08 bits per heavy atom. The molecule has 0 spiro atoms. The number of nitrogens with one attached hydrogen (secondary N) is 14. The normalized spacial score (nSPS) is 24.1. The van der Waals surface area contributed by atoms with Gasteiger partial charge >= 0.3 is 0 Å². The van der Waals surface area contributed by atoms with Gasteiger partial charge in [0.2, 0.25) is 100 Å². The van der Waals surface area contributed by atoms with E-state index in [9.17, 15) is 57.0 Å². The van der Waals surface area contributed by atoms with Crippen molar-refractivity contribution in [1.29, 1.82) is 5.41 Å². The fourth-order valence-electron chi connectivity index (χ4n) is 16.9. The van der Waals surface area contributed by atoms with Crippen molar-refractivity contribution in [2.75, 3.05) is 65.4 Å². The number of rotatable bonds is 27. The number of hydrogen-bond acceptors (Lipinski definition) is 21. The molecule has 0 aliphatic carbocycles. The summed E-state index contributed by atoms with van der Waals surface area (Å²) >= 11 is 2.08. The second kappa shape index (κ2) is 51.7. The zero-order valence-electron chi connectivity index (χ0n) is 78.2. The van der Waals surface area contributed by atoms with Crippen LogP contribution in [0.3, 0.4) is 0 Å². The first-order valence-corrected chi connectivity index (χ1v) is 48.1. The van der Waals surface area contributed by atoms with E-state index < -0.39 is 235 Å². The zero-order chi connectivity index (χ0) is 100. The number of primary amides is 2. The van der Waals surface area contributed by atoms with Crippen LogP contribution >= 0.6 is 23.1 Å². The Morgan fingerprint density at radius 3 is 1.69 bits per heavy atom. The van der Waals surface area contributed by atoms with Crippen LogP contribution in [0.5, 0.6) is 0 Å². The summed E-state index contributed by atoms with van der Waals surface area (Å²) in [5.41, 5.74) is 18.9. The lowest BCUT2D eigenvalue weighted by Gasteiger charge is -2.36. The molecule has 0 saturated carbocycles. The van der Waals surface area contributed by atoms with Crippen LogP contribution in [0.2, 0.25) is 0 Å². The van der Waals surface area contributed by atoms with E-state index in [0.29, 0.717) is 53.4 Å². The molecule has 3 saturated heterocycles. The number of thiophene rings is 1. The third-order valence-electron chi connectivity index (χ3n) is 24.6. The monoisotopic (exact) mass is 1940 g/mol. The van der Waals surface area contributed by atoms with Crippen molar-refractivity contribution in [2.45, 2.75) is 241 Å². The topological polar surface area (TPSA) is 592 Å². The third kappa shape index (κ3) is 30.2. The Bertz CT molecular complexity index is 5280. The van der Waals surface area contributed by atoms with Gasteiger partial charge in [-0.2, -0.15) is 0 Å². The number of aromatic amines is 2. The van der Waals surface area contributed by atoms with Crippen LogP contribution in [0.1, 0.15) is 159 Å². The number of aromatic nitrogens is 2. The van der Waals surface area contributed by atoms with Crippen molar-refractivity contribution in [1.82, 2.24) is 93.0 Å². The van der Waals surface area contributed by atoms with Crippen molar-refractivity contribution in [3.63, 3.8) is 0 Å². The van der Waals surface area contributed by atoms with Crippen molar-refractivity contribution in [3.05, 3.63) is 131 Å². The van der Waals surface area contributed by atoms with Gasteiger partial charge in [0.15, 0.2) is 5.96 Å². The third-order valence-corrected chi connectivity index (χ3v) is 26.6. The van der Waals surface area contributed by atoms with Gasteiger partial charge in [-0.05, 0) is 122 Å². The summed E-state index contributed by atoms with van der Waals surface area (Å²) in [5.74, 6) is -17.6. The standard InChI is InChI=1S/C93H128F2N22O18S2/c1-9-11-26-70-85(128)105-61(25-18-36-101-93(98)99)81(124)112-69(80(123)103-46-76(97)120)49-136-50-77(121)104-65(40-53-31-33-54(34-32-53)78(94)95)88(131)113(6)52(5)79(122)108-67(44-75(96)119)91(134)117-38-20-29-72(117)87(130)107-63(43-57-21-17-35-100-57)83(126)109-64(39-51(3)4)90(133)116-37-19-28-71(116)86(129)106-62(41-55-45-102-60-24-15-13-22-58(55)60)82(125)111-68(47-118)84(127)110-66(42-56-48-137-74-30-16-14-23-59(56)74)89(132)115(8)73(27-12-10-2)92(135)114(70)7/h13-17,21-24,30-35,45,48,51-52,61-73,78,100,102,118H,9-12,18-20,25-29,36-44,46-47,49-50H2,1-8H3,(H2,96,119)(H2,97,120)(H,103,123)(H,104,121)(H,105,128)(H,106,129)(H,107,130)(H,108,122)(H,109,126)(H,110,127)(H,111,125)(H,112,124)(H4,98,99,101)/t52-,61-,62-,63-,64-,65-,66-,67-,68-,69-,70-,71-,72-,73-/m0/s1. The number of amides is 17. The molecule has 6 heterocycles. The van der Waals surface area contributed by atoms with Gasteiger partial charge in [0.05, 0.1) is 25.3 Å². The van der Waals surface area contributed by atoms with Crippen molar-refractivity contribution >= 4 is 150 Å². The molecule has 44 heteroatoms. The smallest absolute Gasteiger partial charge is 0.263 e. The van der Waals surface area contributed by atoms with Crippen LogP contribution in [0.15, 0.2) is 103 Å². The predicted molar refractivity (Wildman–Crippen MR) is 507 cm³/mol. The fraction of sp³-hybridized carbons (Fsp3) is 0.527. The highest BCUT2D eigenvalue weighted by Crippen LogP contribution is 2.30. The summed E-state index contributed by atoms with van der Waals surface area (Å²) in [6, 6.07) is 1.00. The number of alkyl halides is 2. The minimum atomic E-state index is -2.90. The number of guanidine groups is 1. The average molecular weight is 1940 g/mol. The van der Waals surface area contributed by atoms with Gasteiger partial charge in [0, 0.05) is 111 Å². The van der Waals surface area contributed by atoms with E-state index in [0.717, 1.165) is 53.6 Å². The number of para-hydroxylation sites is 1. The van der Waals surface area contributed by atoms with E-state index in [1.165, 1.54) is 56.4 Å². The molecule has 14 atom stereocenters. The van der Waals surface area contributed by atoms with Gasteiger partial charge in [-0.3, -0.25) is 86.9 Å². The molecule has 3 aliphatic rings. The van der Waals surface area contributed by atoms with E-state index >= 15 is 38.4 Å². The number of hydrogen-bond donors (Lipinski definition) is 18. The Labute approximate surface area is 800 Å². The molecule has 40 nitrogen and oxygen atoms in total.